The van der Waals surface area contributed by atoms with E-state index in [0.717, 1.165) is 29.0 Å². The number of nitrogens with one attached hydrogen (secondary N) is 1. The molecule has 26 heavy (non-hydrogen) atoms. The fourth-order valence-electron chi connectivity index (χ4n) is 3.50. The van der Waals surface area contributed by atoms with Gasteiger partial charge in [0.1, 0.15) is 18.0 Å². The van der Waals surface area contributed by atoms with Crippen LogP contribution in [0, 0.1) is 0 Å². The van der Waals surface area contributed by atoms with E-state index < -0.39 is 5.66 Å². The van der Waals surface area contributed by atoms with Crippen LogP contribution in [0.3, 0.4) is 0 Å². The Morgan fingerprint density at radius 2 is 1.92 bits per heavy atom. The van der Waals surface area contributed by atoms with E-state index in [4.69, 9.17) is 4.74 Å². The molecule has 136 valence electrons. The highest BCUT2D eigenvalue weighted by Gasteiger charge is 2.44. The molecular formula is C22H26N2O2. The summed E-state index contributed by atoms with van der Waals surface area (Å²) in [6.07, 6.45) is 2.60. The molecule has 0 fully saturated rings. The minimum absolute atomic E-state index is 0.0585. The van der Waals surface area contributed by atoms with Crippen LogP contribution >= 0.6 is 0 Å². The third kappa shape index (κ3) is 3.07. The Morgan fingerprint density at radius 3 is 2.58 bits per heavy atom. The monoisotopic (exact) mass is 350 g/mol. The first-order valence-electron chi connectivity index (χ1n) is 9.06. The van der Waals surface area contributed by atoms with Crippen LogP contribution in [0.2, 0.25) is 0 Å². The third-order valence-electron chi connectivity index (χ3n) is 5.05. The molecule has 2 aromatic rings. The first-order valence-corrected chi connectivity index (χ1v) is 9.06. The SMILES string of the molecule is C=CCOc1ccc(C2(C)Nc3ccccc3C(=O)N2C(C)CC)cc1. The zero-order valence-corrected chi connectivity index (χ0v) is 15.7. The number of anilines is 1. The first-order chi connectivity index (χ1) is 12.5. The Labute approximate surface area is 155 Å². The molecule has 0 radical (unpaired) electrons. The number of rotatable bonds is 6. The minimum Gasteiger partial charge on any atom is -0.490 e. The number of carbonyl (C=O) groups excluding carboxylic acids is 1. The van der Waals surface area contributed by atoms with Crippen LogP contribution in [0.25, 0.3) is 0 Å². The van der Waals surface area contributed by atoms with Gasteiger partial charge in [0, 0.05) is 11.7 Å². The first kappa shape index (κ1) is 18.1. The van der Waals surface area contributed by atoms with E-state index in [2.05, 4.69) is 32.7 Å². The smallest absolute Gasteiger partial charge is 0.258 e. The second kappa shape index (κ2) is 7.24. The minimum atomic E-state index is -0.627. The van der Waals surface area contributed by atoms with Gasteiger partial charge in [0.05, 0.1) is 5.56 Å². The molecular weight excluding hydrogens is 324 g/mol. The van der Waals surface area contributed by atoms with Crippen LogP contribution in [0.5, 0.6) is 5.75 Å². The van der Waals surface area contributed by atoms with Gasteiger partial charge in [0.25, 0.3) is 5.91 Å². The standard InChI is InChI=1S/C22H26N2O2/c1-5-15-26-18-13-11-17(12-14-18)22(4)23-20-10-8-7-9-19(20)21(25)24(22)16(3)6-2/h5,7-14,16,23H,1,6,15H2,2-4H3. The zero-order valence-electron chi connectivity index (χ0n) is 15.7. The molecule has 0 aromatic heterocycles. The van der Waals surface area contributed by atoms with Gasteiger partial charge >= 0.3 is 0 Å². The molecule has 2 atom stereocenters. The number of amides is 1. The summed E-state index contributed by atoms with van der Waals surface area (Å²) < 4.78 is 5.58. The molecule has 1 aliphatic heterocycles. The van der Waals surface area contributed by atoms with E-state index in [-0.39, 0.29) is 11.9 Å². The fraction of sp³-hybridized carbons (Fsp3) is 0.318. The van der Waals surface area contributed by atoms with Gasteiger partial charge in [-0.1, -0.05) is 43.8 Å². The molecule has 1 N–H and O–H groups in total. The Balaban J connectivity index is 2.04. The molecule has 1 heterocycles. The van der Waals surface area contributed by atoms with Gasteiger partial charge in [-0.3, -0.25) is 4.79 Å². The molecule has 0 saturated carbocycles. The van der Waals surface area contributed by atoms with Gasteiger partial charge in [-0.2, -0.15) is 0 Å². The van der Waals surface area contributed by atoms with Crippen molar-refractivity contribution < 1.29 is 9.53 Å². The van der Waals surface area contributed by atoms with Gasteiger partial charge in [-0.05, 0) is 50.1 Å². The molecule has 0 spiro atoms. The number of hydrogen-bond acceptors (Lipinski definition) is 3. The zero-order chi connectivity index (χ0) is 18.7. The fourth-order valence-corrected chi connectivity index (χ4v) is 3.50. The van der Waals surface area contributed by atoms with Gasteiger partial charge in [0.2, 0.25) is 0 Å². The summed E-state index contributed by atoms with van der Waals surface area (Å²) in [6, 6.07) is 15.7. The summed E-state index contributed by atoms with van der Waals surface area (Å²) in [7, 11) is 0. The van der Waals surface area contributed by atoms with Crippen molar-refractivity contribution in [3.63, 3.8) is 0 Å². The second-order valence-corrected chi connectivity index (χ2v) is 6.80. The van der Waals surface area contributed by atoms with E-state index in [0.29, 0.717) is 6.61 Å². The Bertz CT molecular complexity index is 800. The van der Waals surface area contributed by atoms with Gasteiger partial charge in [-0.15, -0.1) is 0 Å². The van der Waals surface area contributed by atoms with Crippen molar-refractivity contribution in [3.05, 3.63) is 72.3 Å². The summed E-state index contributed by atoms with van der Waals surface area (Å²) >= 11 is 0. The van der Waals surface area contributed by atoms with Crippen molar-refractivity contribution in [2.75, 3.05) is 11.9 Å². The number of para-hydroxylation sites is 1. The highest BCUT2D eigenvalue weighted by molar-refractivity contribution is 6.02. The lowest BCUT2D eigenvalue weighted by molar-refractivity contribution is 0.0400. The third-order valence-corrected chi connectivity index (χ3v) is 5.05. The lowest BCUT2D eigenvalue weighted by Gasteiger charge is -2.49. The molecule has 0 aliphatic carbocycles. The van der Waals surface area contributed by atoms with E-state index in [1.807, 2.05) is 53.4 Å². The van der Waals surface area contributed by atoms with Crippen molar-refractivity contribution >= 4 is 11.6 Å². The molecule has 1 aliphatic rings. The number of nitrogens with zero attached hydrogens (tertiary/aromatic N) is 1. The lowest BCUT2D eigenvalue weighted by Crippen LogP contribution is -2.58. The number of fused-ring (bicyclic) bond motifs is 1. The van der Waals surface area contributed by atoms with Gasteiger partial charge in [-0.25, -0.2) is 0 Å². The predicted octanol–water partition coefficient (Wildman–Crippen LogP) is 4.79. The van der Waals surface area contributed by atoms with Crippen molar-refractivity contribution in [2.24, 2.45) is 0 Å². The van der Waals surface area contributed by atoms with E-state index >= 15 is 0 Å². The number of ether oxygens (including phenoxy) is 1. The van der Waals surface area contributed by atoms with Crippen molar-refractivity contribution in [2.45, 2.75) is 38.9 Å². The maximum Gasteiger partial charge on any atom is 0.258 e. The van der Waals surface area contributed by atoms with E-state index in [1.54, 1.807) is 6.08 Å². The Kier molecular flexibility index (Phi) is 5.03. The second-order valence-electron chi connectivity index (χ2n) is 6.80. The van der Waals surface area contributed by atoms with E-state index in [1.165, 1.54) is 0 Å². The molecule has 2 aromatic carbocycles. The van der Waals surface area contributed by atoms with Gasteiger partial charge < -0.3 is 15.0 Å². The normalized spacial score (nSPS) is 20.1. The topological polar surface area (TPSA) is 41.6 Å². The maximum absolute atomic E-state index is 13.3. The predicted molar refractivity (Wildman–Crippen MR) is 105 cm³/mol. The van der Waals surface area contributed by atoms with Gasteiger partial charge in [0.15, 0.2) is 0 Å². The number of benzene rings is 2. The van der Waals surface area contributed by atoms with Crippen LogP contribution < -0.4 is 10.1 Å². The van der Waals surface area contributed by atoms with Crippen molar-refractivity contribution in [1.82, 2.24) is 4.90 Å². The summed E-state index contributed by atoms with van der Waals surface area (Å²) in [5.74, 6) is 0.845. The van der Waals surface area contributed by atoms with Crippen LogP contribution in [-0.4, -0.2) is 23.5 Å². The average molecular weight is 350 g/mol. The largest absolute Gasteiger partial charge is 0.490 e. The summed E-state index contributed by atoms with van der Waals surface area (Å²) in [6.45, 7) is 10.4. The number of carbonyl (C=O) groups is 1. The van der Waals surface area contributed by atoms with Crippen LogP contribution in [0.1, 0.15) is 43.1 Å². The summed E-state index contributed by atoms with van der Waals surface area (Å²) in [4.78, 5) is 15.2. The molecule has 3 rings (SSSR count). The van der Waals surface area contributed by atoms with Crippen LogP contribution in [0.4, 0.5) is 5.69 Å². The lowest BCUT2D eigenvalue weighted by atomic mass is 9.91. The molecule has 4 nitrogen and oxygen atoms in total. The average Bonchev–Trinajstić information content (AvgIpc) is 2.66. The highest BCUT2D eigenvalue weighted by atomic mass is 16.5. The van der Waals surface area contributed by atoms with Crippen molar-refractivity contribution in [3.8, 4) is 5.75 Å². The Hall–Kier alpha value is -2.75. The summed E-state index contributed by atoms with van der Waals surface area (Å²) in [5.41, 5.74) is 1.98. The van der Waals surface area contributed by atoms with Crippen molar-refractivity contribution in [1.29, 1.82) is 0 Å². The maximum atomic E-state index is 13.3. The molecule has 2 unspecified atom stereocenters. The molecule has 4 heteroatoms. The Morgan fingerprint density at radius 1 is 1.23 bits per heavy atom. The van der Waals surface area contributed by atoms with Crippen LogP contribution in [-0.2, 0) is 5.66 Å². The highest BCUT2D eigenvalue weighted by Crippen LogP contribution is 2.39. The quantitative estimate of drug-likeness (QED) is 0.762. The van der Waals surface area contributed by atoms with E-state index in [9.17, 15) is 4.79 Å². The summed E-state index contributed by atoms with van der Waals surface area (Å²) in [5, 5.41) is 3.60. The molecule has 1 amide bonds. The number of hydrogen-bond donors (Lipinski definition) is 1. The van der Waals surface area contributed by atoms with Crippen LogP contribution in [0.15, 0.2) is 61.2 Å². The molecule has 0 bridgehead atoms. The molecule has 0 saturated heterocycles.